The Balaban J connectivity index is 1.22. The SMILES string of the molecule is CC(CCc1ccco1)NC(=O)c1ccc(NC(=O)CC2SC(N3CCCC3)=NC2=O)cc1. The zero-order valence-corrected chi connectivity index (χ0v) is 19.4. The van der Waals surface area contributed by atoms with Crippen LogP contribution in [0.1, 0.15) is 48.7 Å². The highest BCUT2D eigenvalue weighted by Gasteiger charge is 2.33. The van der Waals surface area contributed by atoms with Crippen molar-refractivity contribution in [2.24, 2.45) is 4.99 Å². The van der Waals surface area contributed by atoms with Gasteiger partial charge in [-0.3, -0.25) is 14.4 Å². The summed E-state index contributed by atoms with van der Waals surface area (Å²) in [4.78, 5) is 43.4. The molecular formula is C24H28N4O4S. The van der Waals surface area contributed by atoms with E-state index in [1.54, 1.807) is 30.5 Å². The van der Waals surface area contributed by atoms with Crippen LogP contribution in [0.25, 0.3) is 0 Å². The van der Waals surface area contributed by atoms with Crippen LogP contribution in [0, 0.1) is 0 Å². The van der Waals surface area contributed by atoms with E-state index < -0.39 is 5.25 Å². The average molecular weight is 469 g/mol. The molecule has 2 atom stereocenters. The van der Waals surface area contributed by atoms with Crippen molar-refractivity contribution in [2.45, 2.75) is 50.3 Å². The Labute approximate surface area is 197 Å². The van der Waals surface area contributed by atoms with Crippen molar-refractivity contribution >= 4 is 40.3 Å². The van der Waals surface area contributed by atoms with Gasteiger partial charge in [0, 0.05) is 43.2 Å². The zero-order valence-electron chi connectivity index (χ0n) is 18.6. The maximum atomic E-state index is 12.5. The summed E-state index contributed by atoms with van der Waals surface area (Å²) in [6.45, 7) is 3.79. The quantitative estimate of drug-likeness (QED) is 0.615. The van der Waals surface area contributed by atoms with Crippen molar-refractivity contribution in [3.05, 3.63) is 54.0 Å². The van der Waals surface area contributed by atoms with E-state index in [1.165, 1.54) is 11.8 Å². The van der Waals surface area contributed by atoms with Crippen LogP contribution >= 0.6 is 11.8 Å². The highest BCUT2D eigenvalue weighted by molar-refractivity contribution is 8.15. The summed E-state index contributed by atoms with van der Waals surface area (Å²) < 4.78 is 5.32. The molecule has 0 spiro atoms. The van der Waals surface area contributed by atoms with E-state index >= 15 is 0 Å². The number of aliphatic imine (C=N–C) groups is 1. The number of amidine groups is 1. The zero-order chi connectivity index (χ0) is 23.2. The molecule has 3 amide bonds. The van der Waals surface area contributed by atoms with Gasteiger partial charge in [0.1, 0.15) is 11.0 Å². The van der Waals surface area contributed by atoms with Crippen LogP contribution in [0.5, 0.6) is 0 Å². The van der Waals surface area contributed by atoms with E-state index in [-0.39, 0.29) is 30.2 Å². The maximum absolute atomic E-state index is 12.5. The van der Waals surface area contributed by atoms with E-state index in [0.717, 1.165) is 49.7 Å². The highest BCUT2D eigenvalue weighted by Crippen LogP contribution is 2.29. The number of carbonyl (C=O) groups excluding carboxylic acids is 3. The van der Waals surface area contributed by atoms with Gasteiger partial charge in [0.25, 0.3) is 11.8 Å². The smallest absolute Gasteiger partial charge is 0.262 e. The lowest BCUT2D eigenvalue weighted by Gasteiger charge is -2.16. The minimum absolute atomic E-state index is 0.00361. The first-order valence-corrected chi connectivity index (χ1v) is 12.1. The molecule has 1 saturated heterocycles. The molecular weight excluding hydrogens is 440 g/mol. The fourth-order valence-electron chi connectivity index (χ4n) is 3.83. The third-order valence-corrected chi connectivity index (χ3v) is 6.90. The molecule has 0 aliphatic carbocycles. The molecule has 1 fully saturated rings. The van der Waals surface area contributed by atoms with Crippen molar-refractivity contribution in [1.29, 1.82) is 0 Å². The average Bonchev–Trinajstić information content (AvgIpc) is 3.56. The summed E-state index contributed by atoms with van der Waals surface area (Å²) in [5, 5.41) is 6.04. The number of hydrogen-bond donors (Lipinski definition) is 2. The number of furan rings is 1. The van der Waals surface area contributed by atoms with E-state index in [0.29, 0.717) is 11.3 Å². The van der Waals surface area contributed by atoms with E-state index in [2.05, 4.69) is 20.5 Å². The number of carbonyl (C=O) groups is 3. The first-order valence-electron chi connectivity index (χ1n) is 11.3. The normalized spacial score (nSPS) is 18.8. The Bertz CT molecular complexity index is 1010. The Morgan fingerprint density at radius 3 is 2.67 bits per heavy atom. The molecule has 4 rings (SSSR count). The second-order valence-electron chi connectivity index (χ2n) is 8.36. The molecule has 2 aliphatic heterocycles. The van der Waals surface area contributed by atoms with Gasteiger partial charge in [-0.1, -0.05) is 11.8 Å². The lowest BCUT2D eigenvalue weighted by molar-refractivity contribution is -0.121. The number of benzene rings is 1. The number of nitrogens with zero attached hydrogens (tertiary/aromatic N) is 2. The summed E-state index contributed by atoms with van der Waals surface area (Å²) in [5.74, 6) is 0.236. The summed E-state index contributed by atoms with van der Waals surface area (Å²) in [6.07, 6.45) is 5.45. The molecule has 8 nitrogen and oxygen atoms in total. The fraction of sp³-hybridized carbons (Fsp3) is 0.417. The predicted octanol–water partition coefficient (Wildman–Crippen LogP) is 3.45. The number of rotatable bonds is 8. The monoisotopic (exact) mass is 468 g/mol. The number of nitrogens with one attached hydrogen (secondary N) is 2. The number of anilines is 1. The third-order valence-electron chi connectivity index (χ3n) is 5.69. The van der Waals surface area contributed by atoms with Gasteiger partial charge >= 0.3 is 0 Å². The second-order valence-corrected chi connectivity index (χ2v) is 9.53. The summed E-state index contributed by atoms with van der Waals surface area (Å²) >= 11 is 1.38. The topological polar surface area (TPSA) is 104 Å². The van der Waals surface area contributed by atoms with Crippen molar-refractivity contribution in [2.75, 3.05) is 18.4 Å². The van der Waals surface area contributed by atoms with Gasteiger partial charge < -0.3 is 20.0 Å². The van der Waals surface area contributed by atoms with Crippen LogP contribution in [0.2, 0.25) is 0 Å². The van der Waals surface area contributed by atoms with Gasteiger partial charge in [0.05, 0.1) is 6.26 Å². The minimum atomic E-state index is -0.478. The molecule has 0 radical (unpaired) electrons. The Morgan fingerprint density at radius 1 is 1.21 bits per heavy atom. The van der Waals surface area contributed by atoms with Gasteiger partial charge in [-0.15, -0.1) is 0 Å². The van der Waals surface area contributed by atoms with E-state index in [9.17, 15) is 14.4 Å². The Kier molecular flexibility index (Phi) is 7.49. The van der Waals surface area contributed by atoms with Crippen LogP contribution < -0.4 is 10.6 Å². The standard InChI is InChI=1S/C24H28N4O4S/c1-16(6-11-19-5-4-14-32-19)25-22(30)17-7-9-18(10-8-17)26-21(29)15-20-23(31)27-24(33-20)28-12-2-3-13-28/h4-5,7-10,14,16,20H,2-3,6,11-13,15H2,1H3,(H,25,30)(H,26,29). The van der Waals surface area contributed by atoms with Crippen LogP contribution in [0.3, 0.4) is 0 Å². The summed E-state index contributed by atoms with van der Waals surface area (Å²) in [5.41, 5.74) is 1.10. The third kappa shape index (κ3) is 6.25. The molecule has 0 saturated carbocycles. The summed E-state index contributed by atoms with van der Waals surface area (Å²) in [7, 11) is 0. The lowest BCUT2D eigenvalue weighted by Crippen LogP contribution is -2.32. The van der Waals surface area contributed by atoms with Crippen LogP contribution in [-0.4, -0.2) is 52.2 Å². The molecule has 0 bridgehead atoms. The van der Waals surface area contributed by atoms with Crippen molar-refractivity contribution < 1.29 is 18.8 Å². The van der Waals surface area contributed by atoms with Gasteiger partial charge in [-0.05, 0) is 62.6 Å². The number of amides is 3. The molecule has 2 aliphatic rings. The van der Waals surface area contributed by atoms with Crippen LogP contribution in [0.4, 0.5) is 5.69 Å². The van der Waals surface area contributed by atoms with Crippen molar-refractivity contribution in [1.82, 2.24) is 10.2 Å². The molecule has 3 heterocycles. The minimum Gasteiger partial charge on any atom is -0.469 e. The molecule has 2 aromatic rings. The number of hydrogen-bond acceptors (Lipinski definition) is 6. The first-order chi connectivity index (χ1) is 16.0. The van der Waals surface area contributed by atoms with Crippen LogP contribution in [0.15, 0.2) is 52.1 Å². The predicted molar refractivity (Wildman–Crippen MR) is 128 cm³/mol. The van der Waals surface area contributed by atoms with Gasteiger partial charge in [-0.25, -0.2) is 0 Å². The fourth-order valence-corrected chi connectivity index (χ4v) is 4.95. The molecule has 1 aromatic heterocycles. The largest absolute Gasteiger partial charge is 0.469 e. The van der Waals surface area contributed by atoms with Gasteiger partial charge in [0.2, 0.25) is 5.91 Å². The molecule has 33 heavy (non-hydrogen) atoms. The number of aryl methyl sites for hydroxylation is 1. The molecule has 1 aromatic carbocycles. The van der Waals surface area contributed by atoms with Gasteiger partial charge in [0.15, 0.2) is 5.17 Å². The molecule has 2 N–H and O–H groups in total. The molecule has 2 unspecified atom stereocenters. The van der Waals surface area contributed by atoms with E-state index in [4.69, 9.17) is 4.42 Å². The Hall–Kier alpha value is -3.07. The van der Waals surface area contributed by atoms with Gasteiger partial charge in [-0.2, -0.15) is 4.99 Å². The lowest BCUT2D eigenvalue weighted by atomic mass is 10.1. The molecule has 174 valence electrons. The van der Waals surface area contributed by atoms with Crippen molar-refractivity contribution in [3.63, 3.8) is 0 Å². The van der Waals surface area contributed by atoms with Crippen molar-refractivity contribution in [3.8, 4) is 0 Å². The summed E-state index contributed by atoms with van der Waals surface area (Å²) in [6, 6.07) is 10.5. The van der Waals surface area contributed by atoms with Crippen LogP contribution in [-0.2, 0) is 16.0 Å². The Morgan fingerprint density at radius 2 is 1.97 bits per heavy atom. The van der Waals surface area contributed by atoms with E-state index in [1.807, 2.05) is 19.1 Å². The maximum Gasteiger partial charge on any atom is 0.262 e. The number of thioether (sulfide) groups is 1. The molecule has 9 heteroatoms. The second kappa shape index (κ2) is 10.7. The first kappa shape index (κ1) is 23.1. The highest BCUT2D eigenvalue weighted by atomic mass is 32.2. The number of likely N-dealkylation sites (tertiary alicyclic amines) is 1.